The largest absolute Gasteiger partial charge is 0.272 e. The molecule has 0 aliphatic heterocycles. The fourth-order valence-corrected chi connectivity index (χ4v) is 1.47. The molecular weight excluding hydrogens is 198 g/mol. The van der Waals surface area contributed by atoms with E-state index in [9.17, 15) is 8.78 Å². The highest BCUT2D eigenvalue weighted by molar-refractivity contribution is 5.65. The smallest absolute Gasteiger partial charge is 0.134 e. The molecule has 0 aliphatic carbocycles. The molecule has 2 rings (SSSR count). The summed E-state index contributed by atoms with van der Waals surface area (Å²) >= 11 is 0. The molecule has 78 valence electrons. The second kappa shape index (κ2) is 3.46. The summed E-state index contributed by atoms with van der Waals surface area (Å²) in [5.74, 6) is -1.14. The maximum absolute atomic E-state index is 13.4. The Morgan fingerprint density at radius 2 is 1.93 bits per heavy atom. The molecule has 4 heteroatoms. The van der Waals surface area contributed by atoms with Crippen molar-refractivity contribution in [3.05, 3.63) is 41.7 Å². The van der Waals surface area contributed by atoms with Crippen LogP contribution in [0.4, 0.5) is 8.78 Å². The van der Waals surface area contributed by atoms with Gasteiger partial charge in [-0.3, -0.25) is 4.68 Å². The Hall–Kier alpha value is -1.71. The molecule has 1 heterocycles. The van der Waals surface area contributed by atoms with Gasteiger partial charge in [0.15, 0.2) is 0 Å². The molecule has 0 aliphatic rings. The maximum Gasteiger partial charge on any atom is 0.134 e. The number of rotatable bonds is 1. The molecule has 0 atom stereocenters. The average Bonchev–Trinajstić information content (AvgIpc) is 2.49. The van der Waals surface area contributed by atoms with Gasteiger partial charge in [0.25, 0.3) is 0 Å². The first-order chi connectivity index (χ1) is 7.09. The number of aromatic nitrogens is 2. The Labute approximate surface area is 86.2 Å². The zero-order valence-electron chi connectivity index (χ0n) is 8.46. The van der Waals surface area contributed by atoms with Crippen LogP contribution in [0, 0.1) is 18.6 Å². The van der Waals surface area contributed by atoms with Gasteiger partial charge >= 0.3 is 0 Å². The monoisotopic (exact) mass is 208 g/mol. The summed E-state index contributed by atoms with van der Waals surface area (Å²) in [6.07, 6.45) is 1.58. The van der Waals surface area contributed by atoms with Gasteiger partial charge in [0.05, 0.1) is 6.20 Å². The molecule has 0 amide bonds. The molecule has 1 aromatic heterocycles. The van der Waals surface area contributed by atoms with Crippen LogP contribution in [0.1, 0.15) is 5.69 Å². The lowest BCUT2D eigenvalue weighted by Gasteiger charge is -2.02. The molecule has 0 fully saturated rings. The van der Waals surface area contributed by atoms with Gasteiger partial charge in [0.1, 0.15) is 11.6 Å². The number of halogens is 2. The molecule has 0 saturated heterocycles. The van der Waals surface area contributed by atoms with Crippen LogP contribution in [0.15, 0.2) is 24.4 Å². The van der Waals surface area contributed by atoms with Crippen molar-refractivity contribution >= 4 is 0 Å². The minimum atomic E-state index is -0.571. The van der Waals surface area contributed by atoms with E-state index in [4.69, 9.17) is 0 Å². The lowest BCUT2D eigenvalue weighted by atomic mass is 10.1. The third kappa shape index (κ3) is 1.63. The molecule has 1 aromatic carbocycles. The van der Waals surface area contributed by atoms with Gasteiger partial charge in [-0.2, -0.15) is 5.10 Å². The minimum absolute atomic E-state index is 0.377. The van der Waals surface area contributed by atoms with Crippen LogP contribution in [0.25, 0.3) is 11.1 Å². The van der Waals surface area contributed by atoms with Gasteiger partial charge in [0, 0.05) is 29.9 Å². The van der Waals surface area contributed by atoms with E-state index in [0.29, 0.717) is 11.1 Å². The molecule has 0 bridgehead atoms. The molecule has 2 aromatic rings. The van der Waals surface area contributed by atoms with Crippen LogP contribution in [-0.4, -0.2) is 9.78 Å². The predicted molar refractivity (Wildman–Crippen MR) is 53.3 cm³/mol. The molecule has 0 saturated carbocycles. The van der Waals surface area contributed by atoms with E-state index in [1.165, 1.54) is 12.1 Å². The summed E-state index contributed by atoms with van der Waals surface area (Å²) in [5, 5.41) is 4.01. The number of hydrogen-bond acceptors (Lipinski definition) is 1. The van der Waals surface area contributed by atoms with Crippen LogP contribution in [-0.2, 0) is 7.05 Å². The summed E-state index contributed by atoms with van der Waals surface area (Å²) in [7, 11) is 1.78. The Kier molecular flexibility index (Phi) is 2.26. The van der Waals surface area contributed by atoms with Crippen molar-refractivity contribution in [2.75, 3.05) is 0 Å². The van der Waals surface area contributed by atoms with Gasteiger partial charge in [0.2, 0.25) is 0 Å². The van der Waals surface area contributed by atoms with E-state index in [-0.39, 0.29) is 0 Å². The molecular formula is C11H10F2N2. The quantitative estimate of drug-likeness (QED) is 0.704. The molecule has 2 nitrogen and oxygen atoms in total. The summed E-state index contributed by atoms with van der Waals surface area (Å²) in [6, 6.07) is 3.54. The highest BCUT2D eigenvalue weighted by Gasteiger charge is 2.11. The second-order valence-corrected chi connectivity index (χ2v) is 3.39. The first-order valence-corrected chi connectivity index (χ1v) is 4.53. The van der Waals surface area contributed by atoms with E-state index < -0.39 is 11.6 Å². The van der Waals surface area contributed by atoms with E-state index in [0.717, 1.165) is 11.8 Å². The molecule has 0 spiro atoms. The van der Waals surface area contributed by atoms with Crippen molar-refractivity contribution in [3.8, 4) is 11.1 Å². The summed E-state index contributed by atoms with van der Waals surface area (Å²) in [4.78, 5) is 0. The van der Waals surface area contributed by atoms with Crippen molar-refractivity contribution in [2.45, 2.75) is 6.92 Å². The van der Waals surface area contributed by atoms with Crippen molar-refractivity contribution in [1.29, 1.82) is 0 Å². The van der Waals surface area contributed by atoms with Crippen molar-refractivity contribution in [1.82, 2.24) is 9.78 Å². The average molecular weight is 208 g/mol. The van der Waals surface area contributed by atoms with Gasteiger partial charge in [-0.05, 0) is 19.1 Å². The third-order valence-electron chi connectivity index (χ3n) is 2.46. The zero-order valence-corrected chi connectivity index (χ0v) is 8.46. The highest BCUT2D eigenvalue weighted by Crippen LogP contribution is 2.25. The zero-order chi connectivity index (χ0) is 11.0. The standard InChI is InChI=1S/C11H10F2N2/c1-7-10(6-14-15(7)2)9-4-3-8(12)5-11(9)13/h3-6H,1-2H3. The van der Waals surface area contributed by atoms with Crippen LogP contribution in [0.3, 0.4) is 0 Å². The minimum Gasteiger partial charge on any atom is -0.272 e. The number of nitrogens with zero attached hydrogens (tertiary/aromatic N) is 2. The van der Waals surface area contributed by atoms with E-state index in [1.807, 2.05) is 6.92 Å². The number of aryl methyl sites for hydroxylation is 1. The van der Waals surface area contributed by atoms with Gasteiger partial charge in [-0.25, -0.2) is 8.78 Å². The molecule has 0 N–H and O–H groups in total. The lowest BCUT2D eigenvalue weighted by Crippen LogP contribution is -1.93. The predicted octanol–water partition coefficient (Wildman–Crippen LogP) is 2.67. The molecule has 0 radical (unpaired) electrons. The Balaban J connectivity index is 2.59. The fraction of sp³-hybridized carbons (Fsp3) is 0.182. The SMILES string of the molecule is Cc1c(-c2ccc(F)cc2F)cnn1C. The van der Waals surface area contributed by atoms with Gasteiger partial charge in [-0.15, -0.1) is 0 Å². The van der Waals surface area contributed by atoms with E-state index >= 15 is 0 Å². The maximum atomic E-state index is 13.4. The summed E-state index contributed by atoms with van der Waals surface area (Å²) < 4.78 is 27.8. The van der Waals surface area contributed by atoms with Crippen molar-refractivity contribution in [2.24, 2.45) is 7.05 Å². The first kappa shape index (κ1) is 9.83. The van der Waals surface area contributed by atoms with Gasteiger partial charge < -0.3 is 0 Å². The number of benzene rings is 1. The topological polar surface area (TPSA) is 17.8 Å². The molecule has 0 unspecified atom stereocenters. The Morgan fingerprint density at radius 1 is 1.20 bits per heavy atom. The van der Waals surface area contributed by atoms with Crippen LogP contribution in [0.5, 0.6) is 0 Å². The van der Waals surface area contributed by atoms with E-state index in [2.05, 4.69) is 5.10 Å². The van der Waals surface area contributed by atoms with Crippen LogP contribution in [0.2, 0.25) is 0 Å². The normalized spacial score (nSPS) is 10.7. The Bertz CT molecular complexity index is 503. The van der Waals surface area contributed by atoms with Crippen LogP contribution >= 0.6 is 0 Å². The summed E-state index contributed by atoms with van der Waals surface area (Å²) in [5.41, 5.74) is 1.91. The number of hydrogen-bond donors (Lipinski definition) is 0. The first-order valence-electron chi connectivity index (χ1n) is 4.53. The van der Waals surface area contributed by atoms with Crippen molar-refractivity contribution < 1.29 is 8.78 Å². The third-order valence-corrected chi connectivity index (χ3v) is 2.46. The molecule has 15 heavy (non-hydrogen) atoms. The fourth-order valence-electron chi connectivity index (χ4n) is 1.47. The van der Waals surface area contributed by atoms with Crippen molar-refractivity contribution in [3.63, 3.8) is 0 Å². The second-order valence-electron chi connectivity index (χ2n) is 3.39. The van der Waals surface area contributed by atoms with Gasteiger partial charge in [-0.1, -0.05) is 0 Å². The van der Waals surface area contributed by atoms with Crippen LogP contribution < -0.4 is 0 Å². The highest BCUT2D eigenvalue weighted by atomic mass is 19.1. The Morgan fingerprint density at radius 3 is 2.47 bits per heavy atom. The lowest BCUT2D eigenvalue weighted by molar-refractivity contribution is 0.585. The van der Waals surface area contributed by atoms with E-state index in [1.54, 1.807) is 17.9 Å². The summed E-state index contributed by atoms with van der Waals surface area (Å²) in [6.45, 7) is 1.84.